The number of esters is 1. The number of benzene rings is 2. The molecule has 0 saturated carbocycles. The Balaban J connectivity index is 2.21. The Kier molecular flexibility index (Phi) is 6.78. The van der Waals surface area contributed by atoms with Gasteiger partial charge in [0.15, 0.2) is 6.23 Å². The average molecular weight is 453 g/mol. The summed E-state index contributed by atoms with van der Waals surface area (Å²) in [6.07, 6.45) is -6.38. The van der Waals surface area contributed by atoms with Crippen LogP contribution in [0, 0.1) is 5.82 Å². The molecule has 5 nitrogen and oxygen atoms in total. The Hall–Kier alpha value is -3.07. The van der Waals surface area contributed by atoms with Gasteiger partial charge in [-0.3, -0.25) is 0 Å². The number of hydrogen-bond donors (Lipinski definition) is 1. The molecule has 1 atom stereocenters. The van der Waals surface area contributed by atoms with Crippen LogP contribution in [-0.4, -0.2) is 30.0 Å². The second-order valence-corrected chi connectivity index (χ2v) is 7.51. The molecule has 32 heavy (non-hydrogen) atoms. The van der Waals surface area contributed by atoms with Crippen LogP contribution in [0.5, 0.6) is 0 Å². The molecule has 172 valence electrons. The van der Waals surface area contributed by atoms with E-state index >= 15 is 0 Å². The van der Waals surface area contributed by atoms with Crippen LogP contribution < -0.4 is 4.90 Å². The number of nitrogens with zero attached hydrogens (tertiary/aromatic N) is 1. The maximum Gasteiger partial charge on any atom is 0.416 e. The third-order valence-corrected chi connectivity index (χ3v) is 4.80. The predicted octanol–water partition coefficient (Wildman–Crippen LogP) is 5.45. The van der Waals surface area contributed by atoms with Gasteiger partial charge < -0.3 is 19.5 Å². The SMILES string of the molecule is CCOC1C(C(=O)OC(C)C)=C(O)c2ccc(C(F)(F)F)cc2N1Cc1cccc(F)c1. The maximum absolute atomic E-state index is 13.8. The van der Waals surface area contributed by atoms with Crippen LogP contribution in [0.3, 0.4) is 0 Å². The highest BCUT2D eigenvalue weighted by atomic mass is 19.4. The molecule has 0 spiro atoms. The van der Waals surface area contributed by atoms with Crippen molar-refractivity contribution in [3.05, 3.63) is 70.5 Å². The third kappa shape index (κ3) is 4.88. The highest BCUT2D eigenvalue weighted by Gasteiger charge is 2.41. The second-order valence-electron chi connectivity index (χ2n) is 7.51. The molecule has 2 aromatic rings. The minimum absolute atomic E-state index is 0.00105. The molecule has 0 saturated heterocycles. The lowest BCUT2D eigenvalue weighted by atomic mass is 9.96. The fourth-order valence-electron chi connectivity index (χ4n) is 3.50. The molecule has 0 bridgehead atoms. The number of rotatable bonds is 6. The third-order valence-electron chi connectivity index (χ3n) is 4.80. The molecule has 1 unspecified atom stereocenters. The molecule has 0 radical (unpaired) electrons. The smallest absolute Gasteiger partial charge is 0.416 e. The molecule has 1 aliphatic heterocycles. The summed E-state index contributed by atoms with van der Waals surface area (Å²) >= 11 is 0. The number of aliphatic hydroxyl groups excluding tert-OH is 1. The van der Waals surface area contributed by atoms with E-state index in [2.05, 4.69) is 0 Å². The number of carbonyl (C=O) groups is 1. The van der Waals surface area contributed by atoms with Crippen LogP contribution in [-0.2, 0) is 27.0 Å². The molecule has 0 amide bonds. The number of fused-ring (bicyclic) bond motifs is 1. The summed E-state index contributed by atoms with van der Waals surface area (Å²) in [4.78, 5) is 14.2. The number of aliphatic hydroxyl groups is 1. The monoisotopic (exact) mass is 453 g/mol. The zero-order valence-electron chi connectivity index (χ0n) is 17.7. The lowest BCUT2D eigenvalue weighted by molar-refractivity contribution is -0.144. The van der Waals surface area contributed by atoms with Gasteiger partial charge in [-0.2, -0.15) is 13.2 Å². The van der Waals surface area contributed by atoms with E-state index in [0.717, 1.165) is 18.2 Å². The summed E-state index contributed by atoms with van der Waals surface area (Å²) in [6.45, 7) is 4.90. The van der Waals surface area contributed by atoms with E-state index in [1.807, 2.05) is 0 Å². The fourth-order valence-corrected chi connectivity index (χ4v) is 3.50. The van der Waals surface area contributed by atoms with Gasteiger partial charge in [-0.05, 0) is 56.7 Å². The van der Waals surface area contributed by atoms with Crippen molar-refractivity contribution in [1.29, 1.82) is 0 Å². The lowest BCUT2D eigenvalue weighted by Gasteiger charge is -2.39. The van der Waals surface area contributed by atoms with Crippen LogP contribution in [0.4, 0.5) is 23.2 Å². The van der Waals surface area contributed by atoms with Crippen LogP contribution in [0.1, 0.15) is 37.5 Å². The van der Waals surface area contributed by atoms with Crippen molar-refractivity contribution in [2.75, 3.05) is 11.5 Å². The zero-order valence-corrected chi connectivity index (χ0v) is 17.7. The zero-order chi connectivity index (χ0) is 23.6. The normalized spacial score (nSPS) is 16.4. The number of hydrogen-bond acceptors (Lipinski definition) is 5. The number of alkyl halides is 3. The first-order valence-corrected chi connectivity index (χ1v) is 10.0. The summed E-state index contributed by atoms with van der Waals surface area (Å²) in [7, 11) is 0. The average Bonchev–Trinajstić information content (AvgIpc) is 2.69. The molecule has 2 aromatic carbocycles. The molecule has 1 N–H and O–H groups in total. The highest BCUT2D eigenvalue weighted by Crippen LogP contribution is 2.42. The van der Waals surface area contributed by atoms with Gasteiger partial charge in [0, 0.05) is 18.7 Å². The van der Waals surface area contributed by atoms with Gasteiger partial charge in [0.1, 0.15) is 17.1 Å². The Morgan fingerprint density at radius 2 is 1.91 bits per heavy atom. The minimum Gasteiger partial charge on any atom is -0.506 e. The summed E-state index contributed by atoms with van der Waals surface area (Å²) in [5.74, 6) is -1.89. The molecule has 0 fully saturated rings. The van der Waals surface area contributed by atoms with E-state index < -0.39 is 41.6 Å². The standard InChI is InChI=1S/C23H23F4NO4/c1-4-31-21-19(22(30)32-13(2)3)20(29)17-9-8-15(23(25,26)27)11-18(17)28(21)12-14-6-5-7-16(24)10-14/h5-11,13,21,29H,4,12H2,1-3H3. The van der Waals surface area contributed by atoms with Gasteiger partial charge >= 0.3 is 12.1 Å². The second kappa shape index (κ2) is 9.20. The number of ether oxygens (including phenoxy) is 2. The van der Waals surface area contributed by atoms with Crippen molar-refractivity contribution in [2.24, 2.45) is 0 Å². The van der Waals surface area contributed by atoms with E-state index in [1.54, 1.807) is 26.8 Å². The van der Waals surface area contributed by atoms with E-state index in [4.69, 9.17) is 9.47 Å². The van der Waals surface area contributed by atoms with Crippen LogP contribution in [0.2, 0.25) is 0 Å². The highest BCUT2D eigenvalue weighted by molar-refractivity contribution is 6.01. The topological polar surface area (TPSA) is 59.0 Å². The minimum atomic E-state index is -4.63. The van der Waals surface area contributed by atoms with Gasteiger partial charge in [0.2, 0.25) is 0 Å². The Bertz CT molecular complexity index is 1030. The van der Waals surface area contributed by atoms with Crippen LogP contribution in [0.25, 0.3) is 5.76 Å². The largest absolute Gasteiger partial charge is 0.506 e. The summed E-state index contributed by atoms with van der Waals surface area (Å²) < 4.78 is 64.9. The quantitative estimate of drug-likeness (QED) is 0.466. The Morgan fingerprint density at radius 3 is 2.50 bits per heavy atom. The van der Waals surface area contributed by atoms with E-state index in [0.29, 0.717) is 5.56 Å². The predicted molar refractivity (Wildman–Crippen MR) is 110 cm³/mol. The van der Waals surface area contributed by atoms with Crippen molar-refractivity contribution >= 4 is 17.4 Å². The Morgan fingerprint density at radius 1 is 1.19 bits per heavy atom. The van der Waals surface area contributed by atoms with Crippen LogP contribution >= 0.6 is 0 Å². The van der Waals surface area contributed by atoms with E-state index in [1.165, 1.54) is 23.1 Å². The van der Waals surface area contributed by atoms with Gasteiger partial charge in [-0.15, -0.1) is 0 Å². The van der Waals surface area contributed by atoms with Gasteiger partial charge in [0.25, 0.3) is 0 Å². The molecule has 0 aromatic heterocycles. The van der Waals surface area contributed by atoms with Crippen molar-refractivity contribution in [1.82, 2.24) is 0 Å². The first-order chi connectivity index (χ1) is 15.0. The molecule has 9 heteroatoms. The van der Waals surface area contributed by atoms with Crippen molar-refractivity contribution < 1.29 is 36.9 Å². The lowest BCUT2D eigenvalue weighted by Crippen LogP contribution is -2.44. The summed E-state index contributed by atoms with van der Waals surface area (Å²) in [5, 5.41) is 10.9. The Labute approximate surface area is 182 Å². The van der Waals surface area contributed by atoms with Gasteiger partial charge in [-0.25, -0.2) is 9.18 Å². The first-order valence-electron chi connectivity index (χ1n) is 10.0. The van der Waals surface area contributed by atoms with Crippen LogP contribution in [0.15, 0.2) is 48.0 Å². The molecular formula is C23H23F4NO4. The first kappa shape index (κ1) is 23.6. The fraction of sp³-hybridized carbons (Fsp3) is 0.348. The van der Waals surface area contributed by atoms with E-state index in [9.17, 15) is 27.5 Å². The molecular weight excluding hydrogens is 430 g/mol. The molecule has 1 aliphatic rings. The van der Waals surface area contributed by atoms with E-state index in [-0.39, 0.29) is 30.0 Å². The van der Waals surface area contributed by atoms with Crippen molar-refractivity contribution in [2.45, 2.75) is 45.8 Å². The molecule has 1 heterocycles. The van der Waals surface area contributed by atoms with Crippen molar-refractivity contribution in [3.8, 4) is 0 Å². The van der Waals surface area contributed by atoms with Gasteiger partial charge in [0.05, 0.1) is 17.4 Å². The summed E-state index contributed by atoms with van der Waals surface area (Å²) in [5.41, 5.74) is -0.709. The number of carbonyl (C=O) groups excluding carboxylic acids is 1. The molecule has 0 aliphatic carbocycles. The number of halogens is 4. The maximum atomic E-state index is 13.8. The number of anilines is 1. The van der Waals surface area contributed by atoms with Crippen molar-refractivity contribution in [3.63, 3.8) is 0 Å². The van der Waals surface area contributed by atoms with Gasteiger partial charge in [-0.1, -0.05) is 12.1 Å². The molecule has 3 rings (SSSR count). The summed E-state index contributed by atoms with van der Waals surface area (Å²) in [6, 6.07) is 8.34.